The van der Waals surface area contributed by atoms with Crippen LogP contribution in [0.4, 0.5) is 0 Å². The zero-order chi connectivity index (χ0) is 19.3. The van der Waals surface area contributed by atoms with Gasteiger partial charge < -0.3 is 9.47 Å². The van der Waals surface area contributed by atoms with Gasteiger partial charge in [-0.25, -0.2) is 0 Å². The minimum Gasteiger partial charge on any atom is -0.334 e. The van der Waals surface area contributed by atoms with Crippen LogP contribution >= 0.6 is 0 Å². The smallest absolute Gasteiger partial charge is 0.164 e. The third-order valence-corrected chi connectivity index (χ3v) is 7.24. The lowest BCUT2D eigenvalue weighted by molar-refractivity contribution is -0.943. The fraction of sp³-hybridized carbons (Fsp3) is 0.259. The van der Waals surface area contributed by atoms with Crippen molar-refractivity contribution in [1.82, 2.24) is 4.57 Å². The van der Waals surface area contributed by atoms with Crippen LogP contribution in [0.15, 0.2) is 84.9 Å². The Hall–Kier alpha value is -2.84. The van der Waals surface area contributed by atoms with Crippen molar-refractivity contribution in [2.75, 3.05) is 13.1 Å². The van der Waals surface area contributed by atoms with Crippen LogP contribution in [0.1, 0.15) is 35.2 Å². The van der Waals surface area contributed by atoms with E-state index in [0.717, 1.165) is 6.54 Å². The summed E-state index contributed by atoms with van der Waals surface area (Å²) in [5.74, 6) is 0. The van der Waals surface area contributed by atoms with E-state index in [1.807, 2.05) is 0 Å². The summed E-state index contributed by atoms with van der Waals surface area (Å²) in [7, 11) is 0. The molecule has 0 amide bonds. The van der Waals surface area contributed by atoms with Gasteiger partial charge in [-0.05, 0) is 17.2 Å². The Bertz CT molecular complexity index is 1160. The fourth-order valence-corrected chi connectivity index (χ4v) is 6.11. The van der Waals surface area contributed by atoms with Crippen molar-refractivity contribution >= 4 is 10.9 Å². The lowest BCUT2D eigenvalue weighted by atomic mass is 9.79. The molecular formula is C27H27N2+. The van der Waals surface area contributed by atoms with Gasteiger partial charge in [0.1, 0.15) is 0 Å². The van der Waals surface area contributed by atoms with E-state index in [-0.39, 0.29) is 5.54 Å². The van der Waals surface area contributed by atoms with Crippen molar-refractivity contribution in [2.24, 2.45) is 0 Å². The third-order valence-electron chi connectivity index (χ3n) is 7.24. The van der Waals surface area contributed by atoms with E-state index in [0.29, 0.717) is 0 Å². The van der Waals surface area contributed by atoms with Crippen LogP contribution in [0.3, 0.4) is 0 Å². The summed E-state index contributed by atoms with van der Waals surface area (Å²) in [5.41, 5.74) is 7.51. The molecule has 6 rings (SSSR count). The Morgan fingerprint density at radius 3 is 2.34 bits per heavy atom. The van der Waals surface area contributed by atoms with Gasteiger partial charge in [0.2, 0.25) is 0 Å². The summed E-state index contributed by atoms with van der Waals surface area (Å²) in [4.78, 5) is 1.76. The molecule has 0 saturated carbocycles. The standard InChI is InChI=1S/C27H26N2/c1-3-10-21(11-4-1)20-29-25-15-8-7-14-23(25)24-16-19-28-18-9-17-27(28,26(24)29)22-12-5-2-6-13-22/h1-8,10-15H,9,16-20H2/p+1/t27-/m0/s1. The molecule has 2 aliphatic rings. The molecule has 0 bridgehead atoms. The molecule has 4 aromatic rings. The molecule has 3 aromatic carbocycles. The molecule has 1 N–H and O–H groups in total. The average Bonchev–Trinajstić information content (AvgIpc) is 3.36. The number of benzene rings is 3. The Labute approximate surface area is 172 Å². The maximum absolute atomic E-state index is 2.65. The minimum absolute atomic E-state index is 0.0860. The molecular weight excluding hydrogens is 352 g/mol. The number of nitrogens with zero attached hydrogens (tertiary/aromatic N) is 1. The lowest BCUT2D eigenvalue weighted by Crippen LogP contribution is -3.18. The molecule has 1 unspecified atom stereocenters. The van der Waals surface area contributed by atoms with Crippen LogP contribution in [-0.4, -0.2) is 17.7 Å². The van der Waals surface area contributed by atoms with Gasteiger partial charge in [-0.2, -0.15) is 0 Å². The molecule has 0 aliphatic carbocycles. The molecule has 2 heteroatoms. The zero-order valence-electron chi connectivity index (χ0n) is 16.8. The van der Waals surface area contributed by atoms with Crippen LogP contribution in [0.5, 0.6) is 0 Å². The molecule has 2 atom stereocenters. The number of quaternary nitrogens is 1. The maximum atomic E-state index is 2.65. The lowest BCUT2D eigenvalue weighted by Gasteiger charge is -2.41. The second-order valence-corrected chi connectivity index (χ2v) is 8.64. The Morgan fingerprint density at radius 1 is 0.793 bits per heavy atom. The Balaban J connectivity index is 1.66. The Kier molecular flexibility index (Phi) is 3.88. The molecule has 1 saturated heterocycles. The van der Waals surface area contributed by atoms with E-state index in [2.05, 4.69) is 89.5 Å². The summed E-state index contributed by atoms with van der Waals surface area (Å²) in [5, 5.41) is 1.46. The summed E-state index contributed by atoms with van der Waals surface area (Å²) in [6.07, 6.45) is 3.72. The second-order valence-electron chi connectivity index (χ2n) is 8.64. The molecule has 0 spiro atoms. The molecule has 2 aliphatic heterocycles. The van der Waals surface area contributed by atoms with Crippen molar-refractivity contribution < 1.29 is 4.90 Å². The van der Waals surface area contributed by atoms with E-state index in [4.69, 9.17) is 0 Å². The first-order valence-corrected chi connectivity index (χ1v) is 10.9. The molecule has 144 valence electrons. The van der Waals surface area contributed by atoms with Crippen molar-refractivity contribution in [2.45, 2.75) is 31.3 Å². The highest BCUT2D eigenvalue weighted by Crippen LogP contribution is 2.42. The van der Waals surface area contributed by atoms with E-state index in [1.165, 1.54) is 54.4 Å². The largest absolute Gasteiger partial charge is 0.334 e. The highest BCUT2D eigenvalue weighted by molar-refractivity contribution is 5.86. The minimum atomic E-state index is 0.0860. The van der Waals surface area contributed by atoms with E-state index in [9.17, 15) is 0 Å². The van der Waals surface area contributed by atoms with Gasteiger partial charge in [0, 0.05) is 42.3 Å². The van der Waals surface area contributed by atoms with Gasteiger partial charge in [0.15, 0.2) is 5.54 Å². The molecule has 1 aromatic heterocycles. The monoisotopic (exact) mass is 379 g/mol. The number of hydrogen-bond acceptors (Lipinski definition) is 0. The summed E-state index contributed by atoms with van der Waals surface area (Å²) in [6.45, 7) is 3.46. The van der Waals surface area contributed by atoms with Crippen LogP contribution in [0, 0.1) is 0 Å². The number of aromatic nitrogens is 1. The summed E-state index contributed by atoms with van der Waals surface area (Å²) in [6, 6.07) is 31.4. The predicted octanol–water partition coefficient (Wildman–Crippen LogP) is 4.17. The summed E-state index contributed by atoms with van der Waals surface area (Å²) < 4.78 is 2.65. The fourth-order valence-electron chi connectivity index (χ4n) is 6.11. The maximum Gasteiger partial charge on any atom is 0.164 e. The Morgan fingerprint density at radius 2 is 1.52 bits per heavy atom. The number of hydrogen-bond donors (Lipinski definition) is 1. The average molecular weight is 380 g/mol. The highest BCUT2D eigenvalue weighted by atomic mass is 15.3. The van der Waals surface area contributed by atoms with Crippen molar-refractivity contribution in [3.63, 3.8) is 0 Å². The van der Waals surface area contributed by atoms with Crippen LogP contribution in [-0.2, 0) is 18.5 Å². The van der Waals surface area contributed by atoms with Gasteiger partial charge in [-0.3, -0.25) is 0 Å². The van der Waals surface area contributed by atoms with E-state index >= 15 is 0 Å². The number of para-hydroxylation sites is 1. The van der Waals surface area contributed by atoms with Gasteiger partial charge in [0.05, 0.1) is 18.8 Å². The summed E-state index contributed by atoms with van der Waals surface area (Å²) >= 11 is 0. The first-order chi connectivity index (χ1) is 14.4. The number of nitrogens with one attached hydrogen (secondary N) is 1. The first kappa shape index (κ1) is 17.1. The molecule has 0 radical (unpaired) electrons. The molecule has 2 nitrogen and oxygen atoms in total. The van der Waals surface area contributed by atoms with Gasteiger partial charge in [0.25, 0.3) is 0 Å². The van der Waals surface area contributed by atoms with Crippen molar-refractivity contribution in [3.05, 3.63) is 107 Å². The third kappa shape index (κ3) is 2.45. The molecule has 3 heterocycles. The molecule has 29 heavy (non-hydrogen) atoms. The second kappa shape index (κ2) is 6.60. The SMILES string of the molecule is c1ccc(Cn2c3c(c4ccccc42)CC[NH+]2CCC[C@]32c2ccccc2)cc1. The number of rotatable bonds is 3. The van der Waals surface area contributed by atoms with E-state index in [1.54, 1.807) is 16.2 Å². The molecule has 1 fully saturated rings. The van der Waals surface area contributed by atoms with Crippen molar-refractivity contribution in [1.29, 1.82) is 0 Å². The van der Waals surface area contributed by atoms with Crippen LogP contribution < -0.4 is 4.90 Å². The van der Waals surface area contributed by atoms with Gasteiger partial charge in [-0.1, -0.05) is 78.9 Å². The predicted molar refractivity (Wildman–Crippen MR) is 118 cm³/mol. The van der Waals surface area contributed by atoms with Gasteiger partial charge in [-0.15, -0.1) is 0 Å². The van der Waals surface area contributed by atoms with Crippen molar-refractivity contribution in [3.8, 4) is 0 Å². The topological polar surface area (TPSA) is 9.37 Å². The number of fused-ring (bicyclic) bond motifs is 5. The van der Waals surface area contributed by atoms with Crippen LogP contribution in [0.25, 0.3) is 10.9 Å². The zero-order valence-corrected chi connectivity index (χ0v) is 16.8. The van der Waals surface area contributed by atoms with Crippen LogP contribution in [0.2, 0.25) is 0 Å². The van der Waals surface area contributed by atoms with E-state index < -0.39 is 0 Å². The first-order valence-electron chi connectivity index (χ1n) is 10.9. The normalized spacial score (nSPS) is 23.1. The van der Waals surface area contributed by atoms with Gasteiger partial charge >= 0.3 is 0 Å². The highest BCUT2D eigenvalue weighted by Gasteiger charge is 2.53. The quantitative estimate of drug-likeness (QED) is 0.547.